The van der Waals surface area contributed by atoms with E-state index in [2.05, 4.69) is 39.9 Å². The second-order valence-corrected chi connectivity index (χ2v) is 5.41. The van der Waals surface area contributed by atoms with Crippen LogP contribution in [0.2, 0.25) is 0 Å². The molecule has 0 saturated heterocycles. The SMILES string of the molecule is CC[C@H](CO)NC(CC(C)C)CC(C)C. The number of nitrogens with one attached hydrogen (secondary N) is 1. The lowest BCUT2D eigenvalue weighted by Crippen LogP contribution is -2.41. The molecule has 0 saturated carbocycles. The Bertz CT molecular complexity index is 131. The zero-order chi connectivity index (χ0) is 11.8. The molecular formula is C13H29NO. The topological polar surface area (TPSA) is 32.3 Å². The van der Waals surface area contributed by atoms with Crippen LogP contribution >= 0.6 is 0 Å². The zero-order valence-electron chi connectivity index (χ0n) is 11.1. The summed E-state index contributed by atoms with van der Waals surface area (Å²) < 4.78 is 0. The Labute approximate surface area is 95.5 Å². The lowest BCUT2D eigenvalue weighted by Gasteiger charge is -2.26. The van der Waals surface area contributed by atoms with Gasteiger partial charge in [-0.2, -0.15) is 0 Å². The molecule has 0 heterocycles. The third kappa shape index (κ3) is 7.80. The van der Waals surface area contributed by atoms with Gasteiger partial charge in [0.05, 0.1) is 6.61 Å². The predicted molar refractivity (Wildman–Crippen MR) is 67.0 cm³/mol. The average molecular weight is 215 g/mol. The van der Waals surface area contributed by atoms with Gasteiger partial charge in [-0.1, -0.05) is 34.6 Å². The first-order valence-corrected chi connectivity index (χ1v) is 6.36. The predicted octanol–water partition coefficient (Wildman–Crippen LogP) is 2.81. The lowest BCUT2D eigenvalue weighted by atomic mass is 9.95. The third-order valence-electron chi connectivity index (χ3n) is 2.70. The van der Waals surface area contributed by atoms with Crippen molar-refractivity contribution in [1.82, 2.24) is 5.32 Å². The maximum Gasteiger partial charge on any atom is 0.0584 e. The summed E-state index contributed by atoms with van der Waals surface area (Å²) in [5.41, 5.74) is 0. The van der Waals surface area contributed by atoms with Gasteiger partial charge < -0.3 is 10.4 Å². The van der Waals surface area contributed by atoms with Gasteiger partial charge in [0, 0.05) is 12.1 Å². The number of hydrogen-bond donors (Lipinski definition) is 2. The normalized spacial score (nSPS) is 14.2. The molecule has 0 spiro atoms. The largest absolute Gasteiger partial charge is 0.395 e. The Morgan fingerprint density at radius 3 is 1.67 bits per heavy atom. The van der Waals surface area contributed by atoms with E-state index in [9.17, 15) is 5.11 Å². The van der Waals surface area contributed by atoms with Gasteiger partial charge in [-0.05, 0) is 31.1 Å². The van der Waals surface area contributed by atoms with Crippen LogP contribution in [0.15, 0.2) is 0 Å². The lowest BCUT2D eigenvalue weighted by molar-refractivity contribution is 0.213. The molecule has 2 nitrogen and oxygen atoms in total. The molecule has 0 bridgehead atoms. The van der Waals surface area contributed by atoms with E-state index in [0.29, 0.717) is 6.04 Å². The fourth-order valence-electron chi connectivity index (χ4n) is 2.00. The molecule has 15 heavy (non-hydrogen) atoms. The van der Waals surface area contributed by atoms with Crippen molar-refractivity contribution < 1.29 is 5.11 Å². The molecule has 0 amide bonds. The van der Waals surface area contributed by atoms with Crippen LogP contribution < -0.4 is 5.32 Å². The molecule has 0 aliphatic rings. The molecule has 1 atom stereocenters. The van der Waals surface area contributed by atoms with Crippen molar-refractivity contribution in [2.24, 2.45) is 11.8 Å². The van der Waals surface area contributed by atoms with Crippen LogP contribution in [0.3, 0.4) is 0 Å². The summed E-state index contributed by atoms with van der Waals surface area (Å²) >= 11 is 0. The minimum Gasteiger partial charge on any atom is -0.395 e. The van der Waals surface area contributed by atoms with E-state index < -0.39 is 0 Å². The first-order valence-electron chi connectivity index (χ1n) is 6.36. The number of aliphatic hydroxyl groups is 1. The van der Waals surface area contributed by atoms with E-state index in [4.69, 9.17) is 0 Å². The molecule has 0 aromatic rings. The summed E-state index contributed by atoms with van der Waals surface area (Å²) in [4.78, 5) is 0. The molecule has 0 aliphatic carbocycles. The molecule has 92 valence electrons. The zero-order valence-corrected chi connectivity index (χ0v) is 11.1. The molecule has 0 aromatic carbocycles. The molecule has 0 radical (unpaired) electrons. The van der Waals surface area contributed by atoms with Crippen molar-refractivity contribution in [1.29, 1.82) is 0 Å². The second kappa shape index (κ2) is 8.12. The van der Waals surface area contributed by atoms with E-state index in [0.717, 1.165) is 18.3 Å². The van der Waals surface area contributed by atoms with Crippen LogP contribution in [0.25, 0.3) is 0 Å². The first kappa shape index (κ1) is 14.9. The Kier molecular flexibility index (Phi) is 8.07. The van der Waals surface area contributed by atoms with E-state index in [1.165, 1.54) is 12.8 Å². The van der Waals surface area contributed by atoms with Gasteiger partial charge in [-0.3, -0.25) is 0 Å². The van der Waals surface area contributed by atoms with Crippen molar-refractivity contribution in [3.63, 3.8) is 0 Å². The van der Waals surface area contributed by atoms with Crippen molar-refractivity contribution in [3.8, 4) is 0 Å². The smallest absolute Gasteiger partial charge is 0.0584 e. The fourth-order valence-corrected chi connectivity index (χ4v) is 2.00. The second-order valence-electron chi connectivity index (χ2n) is 5.41. The van der Waals surface area contributed by atoms with Gasteiger partial charge >= 0.3 is 0 Å². The van der Waals surface area contributed by atoms with Gasteiger partial charge in [0.1, 0.15) is 0 Å². The van der Waals surface area contributed by atoms with Crippen molar-refractivity contribution in [2.75, 3.05) is 6.61 Å². The van der Waals surface area contributed by atoms with Crippen molar-refractivity contribution in [2.45, 2.75) is 66.0 Å². The Balaban J connectivity index is 4.09. The maximum absolute atomic E-state index is 9.18. The first-order chi connectivity index (χ1) is 6.99. The van der Waals surface area contributed by atoms with Crippen LogP contribution in [0.4, 0.5) is 0 Å². The van der Waals surface area contributed by atoms with E-state index >= 15 is 0 Å². The summed E-state index contributed by atoms with van der Waals surface area (Å²) in [6.07, 6.45) is 3.41. The monoisotopic (exact) mass is 215 g/mol. The molecule has 0 aromatic heterocycles. The van der Waals surface area contributed by atoms with Gasteiger partial charge in [0.25, 0.3) is 0 Å². The van der Waals surface area contributed by atoms with Gasteiger partial charge in [0.15, 0.2) is 0 Å². The highest BCUT2D eigenvalue weighted by molar-refractivity contribution is 4.75. The number of aliphatic hydroxyl groups excluding tert-OH is 1. The molecule has 0 unspecified atom stereocenters. The van der Waals surface area contributed by atoms with E-state index in [1.54, 1.807) is 0 Å². The van der Waals surface area contributed by atoms with E-state index in [1.807, 2.05) is 0 Å². The van der Waals surface area contributed by atoms with Crippen molar-refractivity contribution >= 4 is 0 Å². The van der Waals surface area contributed by atoms with Crippen molar-refractivity contribution in [3.05, 3.63) is 0 Å². The minimum absolute atomic E-state index is 0.253. The minimum atomic E-state index is 0.253. The summed E-state index contributed by atoms with van der Waals surface area (Å²) in [7, 11) is 0. The van der Waals surface area contributed by atoms with Gasteiger partial charge in [-0.25, -0.2) is 0 Å². The fraction of sp³-hybridized carbons (Fsp3) is 1.00. The van der Waals surface area contributed by atoms with Crippen LogP contribution in [-0.4, -0.2) is 23.8 Å². The standard InChI is InChI=1S/C13H29NO/c1-6-12(9-15)14-13(7-10(2)3)8-11(4)5/h10-15H,6-9H2,1-5H3/t12-/m1/s1. The van der Waals surface area contributed by atoms with Crippen LogP contribution in [0.5, 0.6) is 0 Å². The molecule has 2 N–H and O–H groups in total. The molecule has 0 aliphatic heterocycles. The maximum atomic E-state index is 9.18. The van der Waals surface area contributed by atoms with Gasteiger partial charge in [0.2, 0.25) is 0 Å². The summed E-state index contributed by atoms with van der Waals surface area (Å²) in [6, 6.07) is 0.828. The van der Waals surface area contributed by atoms with Crippen LogP contribution in [-0.2, 0) is 0 Å². The Hall–Kier alpha value is -0.0800. The number of rotatable bonds is 8. The highest BCUT2D eigenvalue weighted by Crippen LogP contribution is 2.14. The number of hydrogen-bond acceptors (Lipinski definition) is 2. The van der Waals surface area contributed by atoms with Crippen LogP contribution in [0, 0.1) is 11.8 Å². The molecular weight excluding hydrogens is 186 g/mol. The quantitative estimate of drug-likeness (QED) is 0.652. The highest BCUT2D eigenvalue weighted by atomic mass is 16.3. The summed E-state index contributed by atoms with van der Waals surface area (Å²) in [5, 5.41) is 12.7. The summed E-state index contributed by atoms with van der Waals surface area (Å²) in [6.45, 7) is 11.4. The average Bonchev–Trinajstić information content (AvgIpc) is 2.11. The molecule has 2 heteroatoms. The van der Waals surface area contributed by atoms with Gasteiger partial charge in [-0.15, -0.1) is 0 Å². The Morgan fingerprint density at radius 2 is 1.40 bits per heavy atom. The summed E-state index contributed by atoms with van der Waals surface area (Å²) in [5.74, 6) is 1.44. The molecule has 0 rings (SSSR count). The van der Waals surface area contributed by atoms with Crippen LogP contribution in [0.1, 0.15) is 53.9 Å². The van der Waals surface area contributed by atoms with E-state index in [-0.39, 0.29) is 12.6 Å². The highest BCUT2D eigenvalue weighted by Gasteiger charge is 2.15. The third-order valence-corrected chi connectivity index (χ3v) is 2.70. The molecule has 0 fully saturated rings. The Morgan fingerprint density at radius 1 is 0.933 bits per heavy atom.